The molecule has 4 aromatic heterocycles. The second-order valence-electron chi connectivity index (χ2n) is 12.3. The van der Waals surface area contributed by atoms with Gasteiger partial charge in [0.05, 0.1) is 19.9 Å². The van der Waals surface area contributed by atoms with Crippen molar-refractivity contribution in [1.29, 1.82) is 0 Å². The topological polar surface area (TPSA) is 51.8 Å². The van der Waals surface area contributed by atoms with Crippen LogP contribution in [0.15, 0.2) is 102 Å². The van der Waals surface area contributed by atoms with E-state index in [9.17, 15) is 4.39 Å². The third-order valence-corrected chi connectivity index (χ3v) is 9.91. The normalized spacial score (nSPS) is 11.2. The van der Waals surface area contributed by atoms with Crippen LogP contribution in [-0.2, 0) is 20.1 Å². The molecule has 3 aromatic carbocycles. The van der Waals surface area contributed by atoms with Crippen LogP contribution in [-0.4, -0.2) is 23.0 Å². The van der Waals surface area contributed by atoms with Crippen LogP contribution in [0.4, 0.5) is 4.39 Å². The molecule has 7 heteroatoms. The minimum absolute atomic E-state index is 0. The summed E-state index contributed by atoms with van der Waals surface area (Å²) < 4.78 is 20.8. The number of benzene rings is 3. The van der Waals surface area contributed by atoms with Gasteiger partial charge >= 0.3 is 0 Å². The molecule has 0 aliphatic heterocycles. The molecule has 0 saturated heterocycles. The van der Waals surface area contributed by atoms with Crippen molar-refractivity contribution >= 4 is 35.3 Å². The number of nitrogens with zero attached hydrogens (tertiary/aromatic N) is 3. The molecule has 7 aromatic rings. The van der Waals surface area contributed by atoms with Crippen molar-refractivity contribution < 1.29 is 28.9 Å². The van der Waals surface area contributed by atoms with E-state index in [0.29, 0.717) is 28.1 Å². The van der Waals surface area contributed by atoms with E-state index in [1.54, 1.807) is 12.3 Å². The molecule has 0 aliphatic carbocycles. The smallest absolute Gasteiger partial charge is 0.216 e. The second-order valence-corrected chi connectivity index (χ2v) is 17.4. The zero-order valence-corrected chi connectivity index (χ0v) is 30.1. The Morgan fingerprint density at radius 2 is 1.50 bits per heavy atom. The van der Waals surface area contributed by atoms with Crippen LogP contribution in [0, 0.1) is 38.7 Å². The zero-order chi connectivity index (χ0) is 31.7. The standard InChI is InChI=1S/C25H18FN2O.C14H16NSi.Ir/c1-14-10-15(2)23(16(3)11-14)20-12-22(28-13-21(20)26)19-7-4-6-17-18-8-5-9-27-25(18)29-24(17)19;1-16(2,3)13-9-10-14(15-11-13)12-7-5-4-6-8-12;/h4-6,8-13H,1-3H3;4-7,9-11H,1-3H3;/q2*-1;. The number of hydrogen-bond acceptors (Lipinski definition) is 4. The van der Waals surface area contributed by atoms with E-state index in [-0.39, 0.29) is 25.9 Å². The molecule has 4 heterocycles. The average molecular weight is 800 g/mol. The molecule has 46 heavy (non-hydrogen) atoms. The van der Waals surface area contributed by atoms with Crippen molar-refractivity contribution in [3.8, 4) is 33.6 Å². The summed E-state index contributed by atoms with van der Waals surface area (Å²) in [6.45, 7) is 13.1. The molecule has 0 aliphatic rings. The molecule has 0 unspecified atom stereocenters. The first-order valence-electron chi connectivity index (χ1n) is 15.0. The Morgan fingerprint density at radius 3 is 2.17 bits per heavy atom. The average Bonchev–Trinajstić information content (AvgIpc) is 3.41. The first-order chi connectivity index (χ1) is 21.6. The molecule has 0 saturated carbocycles. The van der Waals surface area contributed by atoms with Crippen molar-refractivity contribution in [2.24, 2.45) is 0 Å². The van der Waals surface area contributed by atoms with Gasteiger partial charge in [0.2, 0.25) is 5.71 Å². The molecule has 0 bridgehead atoms. The number of aryl methyl sites for hydroxylation is 3. The summed E-state index contributed by atoms with van der Waals surface area (Å²) in [5, 5.41) is 3.27. The third kappa shape index (κ3) is 6.77. The van der Waals surface area contributed by atoms with Gasteiger partial charge in [-0.05, 0) is 66.2 Å². The van der Waals surface area contributed by atoms with Crippen LogP contribution in [0.1, 0.15) is 16.7 Å². The van der Waals surface area contributed by atoms with E-state index in [1.807, 2.05) is 75.5 Å². The number of fused-ring (bicyclic) bond motifs is 3. The summed E-state index contributed by atoms with van der Waals surface area (Å²) in [5.74, 6) is -0.345. The van der Waals surface area contributed by atoms with E-state index < -0.39 is 8.07 Å². The van der Waals surface area contributed by atoms with E-state index in [0.717, 1.165) is 44.3 Å². The number of furan rings is 1. The fourth-order valence-corrected chi connectivity index (χ4v) is 6.72. The summed E-state index contributed by atoms with van der Waals surface area (Å²) in [7, 11) is -1.23. The molecule has 7 rings (SSSR count). The van der Waals surface area contributed by atoms with Gasteiger partial charge in [0.15, 0.2) is 0 Å². The molecule has 0 atom stereocenters. The van der Waals surface area contributed by atoms with Crippen LogP contribution in [0.5, 0.6) is 0 Å². The van der Waals surface area contributed by atoms with Gasteiger partial charge in [-0.3, -0.25) is 0 Å². The Bertz CT molecular complexity index is 2120. The Hall–Kier alpha value is -4.29. The molecule has 0 spiro atoms. The number of rotatable bonds is 4. The number of pyridine rings is 3. The van der Waals surface area contributed by atoms with Gasteiger partial charge in [0.25, 0.3) is 0 Å². The van der Waals surface area contributed by atoms with Crippen molar-refractivity contribution in [2.75, 3.05) is 0 Å². The SMILES string of the molecule is C[Si](C)(C)c1ccc(-c2[c-]cccc2)nc1.Cc1cc(C)c(-c2cc(-c3[c-]ccc4c3oc3ncccc34)ncc2F)c(C)c1.[Ir]. The fourth-order valence-electron chi connectivity index (χ4n) is 5.69. The van der Waals surface area contributed by atoms with Crippen molar-refractivity contribution in [3.63, 3.8) is 0 Å². The maximum absolute atomic E-state index is 14.8. The molecule has 4 nitrogen and oxygen atoms in total. The molecule has 1 radical (unpaired) electrons. The quantitative estimate of drug-likeness (QED) is 0.132. The molecule has 233 valence electrons. The number of halogens is 1. The zero-order valence-electron chi connectivity index (χ0n) is 26.7. The van der Waals surface area contributed by atoms with Crippen LogP contribution in [0.3, 0.4) is 0 Å². The second kappa shape index (κ2) is 13.6. The third-order valence-electron chi connectivity index (χ3n) is 7.88. The van der Waals surface area contributed by atoms with Crippen molar-refractivity contribution in [3.05, 3.63) is 132 Å². The van der Waals surface area contributed by atoms with E-state index in [4.69, 9.17) is 4.42 Å². The largest absolute Gasteiger partial charge is 0.486 e. The Morgan fingerprint density at radius 1 is 0.739 bits per heavy atom. The maximum Gasteiger partial charge on any atom is 0.216 e. The molecule has 0 fully saturated rings. The van der Waals surface area contributed by atoms with Gasteiger partial charge in [-0.15, -0.1) is 54.1 Å². The number of aromatic nitrogens is 3. The van der Waals surface area contributed by atoms with Crippen molar-refractivity contribution in [1.82, 2.24) is 15.0 Å². The van der Waals surface area contributed by atoms with Gasteiger partial charge in [-0.1, -0.05) is 66.5 Å². The van der Waals surface area contributed by atoms with Crippen LogP contribution < -0.4 is 5.19 Å². The monoisotopic (exact) mass is 800 g/mol. The molecular formula is C39H34FIrN3OSi-2. The van der Waals surface area contributed by atoms with Gasteiger partial charge < -0.3 is 14.4 Å². The minimum Gasteiger partial charge on any atom is -0.486 e. The van der Waals surface area contributed by atoms with Gasteiger partial charge in [0.1, 0.15) is 5.82 Å². The van der Waals surface area contributed by atoms with Gasteiger partial charge in [-0.25, -0.2) is 9.37 Å². The molecular weight excluding hydrogens is 766 g/mol. The minimum atomic E-state index is -1.23. The molecule has 0 N–H and O–H groups in total. The summed E-state index contributed by atoms with van der Waals surface area (Å²) in [5.41, 5.74) is 9.26. The van der Waals surface area contributed by atoms with Crippen LogP contribution in [0.25, 0.3) is 55.7 Å². The van der Waals surface area contributed by atoms with E-state index in [2.05, 4.69) is 71.0 Å². The molecule has 0 amide bonds. The summed E-state index contributed by atoms with van der Waals surface area (Å²) >= 11 is 0. The predicted octanol–water partition coefficient (Wildman–Crippen LogP) is 9.67. The summed E-state index contributed by atoms with van der Waals surface area (Å²) in [6.07, 6.45) is 4.99. The summed E-state index contributed by atoms with van der Waals surface area (Å²) in [6, 6.07) is 32.2. The van der Waals surface area contributed by atoms with Gasteiger partial charge in [-0.2, -0.15) is 0 Å². The Labute approximate surface area is 284 Å². The first-order valence-corrected chi connectivity index (χ1v) is 18.5. The fraction of sp³-hybridized carbons (Fsp3) is 0.154. The van der Waals surface area contributed by atoms with Crippen LogP contribution >= 0.6 is 0 Å². The summed E-state index contributed by atoms with van der Waals surface area (Å²) in [4.78, 5) is 13.2. The van der Waals surface area contributed by atoms with E-state index >= 15 is 0 Å². The van der Waals surface area contributed by atoms with Crippen LogP contribution in [0.2, 0.25) is 19.6 Å². The number of hydrogen-bond donors (Lipinski definition) is 0. The van der Waals surface area contributed by atoms with Gasteiger partial charge in [0, 0.05) is 43.4 Å². The predicted molar refractivity (Wildman–Crippen MR) is 185 cm³/mol. The maximum atomic E-state index is 14.8. The van der Waals surface area contributed by atoms with E-state index in [1.165, 1.54) is 11.4 Å². The van der Waals surface area contributed by atoms with Crippen molar-refractivity contribution in [2.45, 2.75) is 40.4 Å². The first kappa shape index (κ1) is 33.1. The Balaban J connectivity index is 0.000000209. The Kier molecular flexibility index (Phi) is 9.78.